The smallest absolute Gasteiger partial charge is 0.334 e. The standard InChI is InChI=1S/C28H43N3O3S/c1-16(2)31(26(34)30-35-17(3)4)25(33)23-10-9-21-20-8-7-19-15-18(24(29)32)11-13-27(19,5)22(20)12-14-28(21,23)6/h7,15-17,20-23H,8-14H2,1-6H3,(H2,29,32)(H,30,34)/t20-,21-,22-,23+,27-,28-/m0/s1. The van der Waals surface area contributed by atoms with Gasteiger partial charge < -0.3 is 5.73 Å². The van der Waals surface area contributed by atoms with Gasteiger partial charge in [0.15, 0.2) is 0 Å². The van der Waals surface area contributed by atoms with E-state index >= 15 is 0 Å². The molecule has 3 N–H and O–H groups in total. The average molecular weight is 502 g/mol. The molecule has 0 aromatic rings. The number of amides is 4. The molecule has 4 rings (SSSR count). The van der Waals surface area contributed by atoms with Gasteiger partial charge in [0.05, 0.1) is 0 Å². The van der Waals surface area contributed by atoms with Gasteiger partial charge in [0.2, 0.25) is 11.8 Å². The molecule has 4 aliphatic carbocycles. The summed E-state index contributed by atoms with van der Waals surface area (Å²) in [5.74, 6) is 1.17. The molecule has 7 heteroatoms. The molecule has 0 unspecified atom stereocenters. The van der Waals surface area contributed by atoms with E-state index in [-0.39, 0.29) is 45.9 Å². The minimum absolute atomic E-state index is 0.00439. The second-order valence-electron chi connectivity index (χ2n) is 12.3. The van der Waals surface area contributed by atoms with Crippen molar-refractivity contribution < 1.29 is 14.4 Å². The molecule has 4 amide bonds. The molecule has 0 heterocycles. The number of rotatable bonds is 5. The number of carbonyl (C=O) groups is 3. The number of nitrogens with two attached hydrogens (primary N) is 1. The Kier molecular flexibility index (Phi) is 7.22. The first-order valence-electron chi connectivity index (χ1n) is 13.4. The number of hydrogen-bond donors (Lipinski definition) is 2. The van der Waals surface area contributed by atoms with Crippen LogP contribution in [0.1, 0.15) is 86.5 Å². The number of nitrogens with zero attached hydrogens (tertiary/aromatic N) is 1. The molecule has 0 saturated heterocycles. The van der Waals surface area contributed by atoms with Gasteiger partial charge in [-0.2, -0.15) is 0 Å². The van der Waals surface area contributed by atoms with Gasteiger partial charge in [0.1, 0.15) is 0 Å². The first kappa shape index (κ1) is 26.3. The highest BCUT2D eigenvalue weighted by atomic mass is 32.2. The van der Waals surface area contributed by atoms with Crippen LogP contribution in [0, 0.1) is 34.5 Å². The molecular formula is C28H43N3O3S. The van der Waals surface area contributed by atoms with Gasteiger partial charge >= 0.3 is 6.03 Å². The summed E-state index contributed by atoms with van der Waals surface area (Å²) < 4.78 is 2.88. The maximum atomic E-state index is 13.9. The number of hydrogen-bond acceptors (Lipinski definition) is 4. The fraction of sp³-hybridized carbons (Fsp3) is 0.750. The Balaban J connectivity index is 1.56. The summed E-state index contributed by atoms with van der Waals surface area (Å²) in [7, 11) is 0. The van der Waals surface area contributed by atoms with Crippen LogP contribution in [0.15, 0.2) is 23.3 Å². The molecule has 0 spiro atoms. The third-order valence-corrected chi connectivity index (χ3v) is 10.5. The zero-order chi connectivity index (χ0) is 25.7. The third-order valence-electron chi connectivity index (χ3n) is 9.74. The third kappa shape index (κ3) is 4.47. The fourth-order valence-corrected chi connectivity index (χ4v) is 8.33. The van der Waals surface area contributed by atoms with Gasteiger partial charge in [0, 0.05) is 22.8 Å². The quantitative estimate of drug-likeness (QED) is 0.480. The van der Waals surface area contributed by atoms with Crippen molar-refractivity contribution in [2.45, 2.75) is 97.8 Å². The van der Waals surface area contributed by atoms with Crippen LogP contribution in [0.25, 0.3) is 0 Å². The van der Waals surface area contributed by atoms with Crippen LogP contribution >= 0.6 is 11.9 Å². The summed E-state index contributed by atoms with van der Waals surface area (Å²) in [5, 5.41) is 0.256. The highest BCUT2D eigenvalue weighted by Gasteiger charge is 2.60. The van der Waals surface area contributed by atoms with Crippen molar-refractivity contribution in [1.82, 2.24) is 9.62 Å². The van der Waals surface area contributed by atoms with E-state index in [1.165, 1.54) is 22.4 Å². The molecule has 2 saturated carbocycles. The lowest BCUT2D eigenvalue weighted by Gasteiger charge is -2.57. The van der Waals surface area contributed by atoms with E-state index < -0.39 is 0 Å². The number of primary amides is 1. The zero-order valence-corrected chi connectivity index (χ0v) is 23.0. The summed E-state index contributed by atoms with van der Waals surface area (Å²) in [6.07, 6.45) is 11.1. The molecular weight excluding hydrogens is 458 g/mol. The lowest BCUT2D eigenvalue weighted by Crippen LogP contribution is -2.54. The van der Waals surface area contributed by atoms with E-state index in [1.807, 2.05) is 27.7 Å². The van der Waals surface area contributed by atoms with E-state index in [0.29, 0.717) is 17.8 Å². The maximum Gasteiger partial charge on any atom is 0.334 e. The van der Waals surface area contributed by atoms with Crippen LogP contribution in [0.2, 0.25) is 0 Å². The molecule has 6 atom stereocenters. The second-order valence-corrected chi connectivity index (χ2v) is 13.7. The largest absolute Gasteiger partial charge is 0.366 e. The minimum atomic E-state index is -0.297. The zero-order valence-electron chi connectivity index (χ0n) is 22.2. The molecule has 0 aromatic heterocycles. The first-order valence-corrected chi connectivity index (χ1v) is 14.3. The lowest BCUT2D eigenvalue weighted by molar-refractivity contribution is -0.140. The number of urea groups is 1. The molecule has 6 nitrogen and oxygen atoms in total. The predicted molar refractivity (Wildman–Crippen MR) is 141 cm³/mol. The highest BCUT2D eigenvalue weighted by molar-refractivity contribution is 7.98. The molecule has 4 aliphatic rings. The predicted octanol–water partition coefficient (Wildman–Crippen LogP) is 5.59. The van der Waals surface area contributed by atoms with Crippen LogP contribution < -0.4 is 10.5 Å². The molecule has 2 fully saturated rings. The van der Waals surface area contributed by atoms with Crippen molar-refractivity contribution in [3.05, 3.63) is 23.3 Å². The number of carbonyl (C=O) groups excluding carboxylic acids is 3. The Hall–Kier alpha value is -1.76. The SMILES string of the molecule is CC(C)SNC(=O)N(C(=O)[C@H]1CC[C@H]2[C@@H]3CC=C4C=C(C(N)=O)CC[C@]4(C)[C@H]3CC[C@]12C)C(C)C. The number of fused-ring (bicyclic) bond motifs is 5. The van der Waals surface area contributed by atoms with E-state index in [1.54, 1.807) is 0 Å². The lowest BCUT2D eigenvalue weighted by atomic mass is 9.48. The van der Waals surface area contributed by atoms with Crippen LogP contribution in [0.5, 0.6) is 0 Å². The Morgan fingerprint density at radius 1 is 1.09 bits per heavy atom. The summed E-state index contributed by atoms with van der Waals surface area (Å²) >= 11 is 1.36. The van der Waals surface area contributed by atoms with Gasteiger partial charge in [-0.15, -0.1) is 0 Å². The van der Waals surface area contributed by atoms with Crippen LogP contribution in [-0.2, 0) is 9.59 Å². The van der Waals surface area contributed by atoms with Crippen molar-refractivity contribution in [1.29, 1.82) is 0 Å². The average Bonchev–Trinajstić information content (AvgIpc) is 3.14. The summed E-state index contributed by atoms with van der Waals surface area (Å²) in [5.41, 5.74) is 7.63. The number of imide groups is 1. The summed E-state index contributed by atoms with van der Waals surface area (Å²) in [6, 6.07) is -0.469. The van der Waals surface area contributed by atoms with Gasteiger partial charge in [-0.1, -0.05) is 39.8 Å². The Bertz CT molecular complexity index is 957. The van der Waals surface area contributed by atoms with E-state index in [9.17, 15) is 14.4 Å². The van der Waals surface area contributed by atoms with Crippen LogP contribution in [-0.4, -0.2) is 34.0 Å². The second kappa shape index (κ2) is 9.60. The fourth-order valence-electron chi connectivity index (χ4n) is 7.90. The Morgan fingerprint density at radius 2 is 1.80 bits per heavy atom. The molecule has 0 aliphatic heterocycles. The van der Waals surface area contributed by atoms with Gasteiger partial charge in [0.25, 0.3) is 0 Å². The normalized spacial score (nSPS) is 36.0. The monoisotopic (exact) mass is 501 g/mol. The number of nitrogens with one attached hydrogen (secondary N) is 1. The van der Waals surface area contributed by atoms with Crippen molar-refractivity contribution >= 4 is 29.8 Å². The maximum absolute atomic E-state index is 13.9. The van der Waals surface area contributed by atoms with Crippen molar-refractivity contribution in [2.24, 2.45) is 40.2 Å². The van der Waals surface area contributed by atoms with Gasteiger partial charge in [-0.3, -0.25) is 19.2 Å². The van der Waals surface area contributed by atoms with Crippen molar-refractivity contribution in [3.63, 3.8) is 0 Å². The first-order chi connectivity index (χ1) is 16.4. The molecule has 0 radical (unpaired) electrons. The Morgan fingerprint density at radius 3 is 2.43 bits per heavy atom. The van der Waals surface area contributed by atoms with E-state index in [2.05, 4.69) is 30.7 Å². The highest BCUT2D eigenvalue weighted by Crippen LogP contribution is 2.66. The van der Waals surface area contributed by atoms with Crippen molar-refractivity contribution in [2.75, 3.05) is 0 Å². The Labute approximate surface area is 215 Å². The molecule has 0 bridgehead atoms. The number of allylic oxidation sites excluding steroid dienone is 3. The molecule has 0 aromatic carbocycles. The van der Waals surface area contributed by atoms with Crippen LogP contribution in [0.3, 0.4) is 0 Å². The summed E-state index contributed by atoms with van der Waals surface area (Å²) in [6.45, 7) is 12.6. The van der Waals surface area contributed by atoms with E-state index in [4.69, 9.17) is 5.73 Å². The van der Waals surface area contributed by atoms with Gasteiger partial charge in [-0.25, -0.2) is 4.79 Å². The van der Waals surface area contributed by atoms with Crippen molar-refractivity contribution in [3.8, 4) is 0 Å². The van der Waals surface area contributed by atoms with Crippen LogP contribution in [0.4, 0.5) is 4.79 Å². The molecule has 35 heavy (non-hydrogen) atoms. The van der Waals surface area contributed by atoms with E-state index in [0.717, 1.165) is 50.5 Å². The minimum Gasteiger partial charge on any atom is -0.366 e. The molecule has 194 valence electrons. The van der Waals surface area contributed by atoms with Gasteiger partial charge in [-0.05, 0) is 105 Å². The summed E-state index contributed by atoms with van der Waals surface area (Å²) in [4.78, 5) is 40.1. The topological polar surface area (TPSA) is 92.5 Å².